The van der Waals surface area contributed by atoms with Crippen LogP contribution in [-0.4, -0.2) is 46.3 Å². The van der Waals surface area contributed by atoms with Gasteiger partial charge in [0, 0.05) is 23.4 Å². The summed E-state index contributed by atoms with van der Waals surface area (Å²) in [5, 5.41) is 3.35. The first-order valence-corrected chi connectivity index (χ1v) is 15.4. The summed E-state index contributed by atoms with van der Waals surface area (Å²) in [6.45, 7) is 6.09. The van der Waals surface area contributed by atoms with Crippen LogP contribution in [0.1, 0.15) is 78.2 Å². The number of nitrogens with one attached hydrogen (secondary N) is 1. The molecule has 0 radical (unpaired) electrons. The minimum atomic E-state index is -0.440. The second-order valence-electron chi connectivity index (χ2n) is 9.61. The quantitative estimate of drug-likeness (QED) is 0.185. The zero-order chi connectivity index (χ0) is 27.9. The maximum absolute atomic E-state index is 13.2. The lowest BCUT2D eigenvalue weighted by atomic mass is 9.97. The Kier molecular flexibility index (Phi) is 10.2. The molecule has 10 heteroatoms. The molecule has 7 nitrogen and oxygen atoms in total. The molecule has 1 aliphatic carbocycles. The molecule has 1 aromatic heterocycles. The Bertz CT molecular complexity index is 1280. The normalized spacial score (nSPS) is 17.1. The van der Waals surface area contributed by atoms with Gasteiger partial charge in [0.2, 0.25) is 5.91 Å². The first kappa shape index (κ1) is 29.3. The van der Waals surface area contributed by atoms with Crippen molar-refractivity contribution in [3.8, 4) is 5.75 Å². The van der Waals surface area contributed by atoms with Gasteiger partial charge in [-0.05, 0) is 70.6 Å². The molecule has 39 heavy (non-hydrogen) atoms. The second kappa shape index (κ2) is 13.6. The Labute approximate surface area is 243 Å². The van der Waals surface area contributed by atoms with Crippen LogP contribution in [0.2, 0.25) is 0 Å². The van der Waals surface area contributed by atoms with E-state index in [1.807, 2.05) is 44.2 Å². The number of benzene rings is 1. The molecule has 0 unspecified atom stereocenters. The van der Waals surface area contributed by atoms with Gasteiger partial charge >= 0.3 is 5.97 Å². The molecule has 1 aromatic carbocycles. The molecular weight excluding hydrogens is 553 g/mol. The molecular formula is C29H34N2O5S3. The van der Waals surface area contributed by atoms with Crippen LogP contribution in [-0.2, 0) is 14.3 Å². The predicted molar refractivity (Wildman–Crippen MR) is 161 cm³/mol. The molecule has 2 heterocycles. The predicted octanol–water partition coefficient (Wildman–Crippen LogP) is 6.87. The summed E-state index contributed by atoms with van der Waals surface area (Å²) < 4.78 is 11.9. The van der Waals surface area contributed by atoms with Crippen LogP contribution in [0.5, 0.6) is 5.75 Å². The number of thiocarbonyl (C=S) groups is 1. The molecule has 1 saturated heterocycles. The van der Waals surface area contributed by atoms with E-state index in [1.165, 1.54) is 42.4 Å². The minimum Gasteiger partial charge on any atom is -0.490 e. The molecule has 2 amide bonds. The van der Waals surface area contributed by atoms with Crippen molar-refractivity contribution in [3.05, 3.63) is 50.7 Å². The van der Waals surface area contributed by atoms with Gasteiger partial charge in [-0.2, -0.15) is 0 Å². The third-order valence-electron chi connectivity index (χ3n) is 6.83. The number of thiophene rings is 1. The summed E-state index contributed by atoms with van der Waals surface area (Å²) in [5.41, 5.74) is 2.08. The van der Waals surface area contributed by atoms with Crippen molar-refractivity contribution in [1.29, 1.82) is 0 Å². The number of hydrogen-bond donors (Lipinski definition) is 1. The highest BCUT2D eigenvalue weighted by Crippen LogP contribution is 2.36. The van der Waals surface area contributed by atoms with Crippen molar-refractivity contribution in [2.45, 2.75) is 71.8 Å². The monoisotopic (exact) mass is 586 g/mol. The first-order chi connectivity index (χ1) is 18.8. The molecule has 2 aliphatic rings. The van der Waals surface area contributed by atoms with Gasteiger partial charge in [0.05, 0.1) is 23.2 Å². The Balaban J connectivity index is 1.35. The summed E-state index contributed by atoms with van der Waals surface area (Å²) in [5.74, 6) is -0.0409. The maximum Gasteiger partial charge on any atom is 0.341 e. The van der Waals surface area contributed by atoms with Crippen molar-refractivity contribution >= 4 is 68.5 Å². The third kappa shape index (κ3) is 7.29. The number of nitrogens with zero attached hydrogens (tertiary/aromatic N) is 1. The van der Waals surface area contributed by atoms with Gasteiger partial charge < -0.3 is 14.8 Å². The van der Waals surface area contributed by atoms with E-state index in [0.29, 0.717) is 32.8 Å². The van der Waals surface area contributed by atoms with E-state index < -0.39 is 5.97 Å². The zero-order valence-electron chi connectivity index (χ0n) is 22.5. The number of carbonyl (C=O) groups is 3. The van der Waals surface area contributed by atoms with E-state index in [-0.39, 0.29) is 30.9 Å². The average Bonchev–Trinajstić information content (AvgIpc) is 3.34. The average molecular weight is 587 g/mol. The van der Waals surface area contributed by atoms with E-state index in [0.717, 1.165) is 34.6 Å². The van der Waals surface area contributed by atoms with Crippen LogP contribution in [0, 0.1) is 13.8 Å². The Hall–Kier alpha value is -2.69. The van der Waals surface area contributed by atoms with E-state index in [2.05, 4.69) is 5.32 Å². The number of para-hydroxylation sites is 1. The molecule has 2 aromatic rings. The SMILES string of the molecule is CCOC(=O)c1c(NC(=O)CCCN2C(=O)/C(=C/c3ccccc3OC3CCCCC3)SC2=S)sc(C)c1C. The number of rotatable bonds is 10. The number of hydrogen-bond acceptors (Lipinski definition) is 8. The van der Waals surface area contributed by atoms with Crippen molar-refractivity contribution in [2.75, 3.05) is 18.5 Å². The van der Waals surface area contributed by atoms with E-state index in [4.69, 9.17) is 21.7 Å². The Morgan fingerprint density at radius 2 is 1.92 bits per heavy atom. The van der Waals surface area contributed by atoms with Crippen LogP contribution in [0.4, 0.5) is 5.00 Å². The second-order valence-corrected chi connectivity index (χ2v) is 12.5. The summed E-state index contributed by atoms with van der Waals surface area (Å²) in [4.78, 5) is 41.3. The molecule has 2 fully saturated rings. The molecule has 1 N–H and O–H groups in total. The standard InChI is InChI=1S/C29H34N2O5S3/c1-4-35-28(34)25-18(2)19(3)38-26(25)30-24(32)15-10-16-31-27(33)23(39-29(31)37)17-20-11-8-9-14-22(20)36-21-12-6-5-7-13-21/h8-9,11,14,17,21H,4-7,10,12-13,15-16H2,1-3H3,(H,30,32)/b23-17-. The molecule has 4 rings (SSSR count). The van der Waals surface area contributed by atoms with Crippen molar-refractivity contribution in [3.63, 3.8) is 0 Å². The van der Waals surface area contributed by atoms with Crippen LogP contribution in [0.15, 0.2) is 29.2 Å². The van der Waals surface area contributed by atoms with Crippen LogP contribution in [0.25, 0.3) is 6.08 Å². The van der Waals surface area contributed by atoms with E-state index >= 15 is 0 Å². The highest BCUT2D eigenvalue weighted by atomic mass is 32.2. The molecule has 0 atom stereocenters. The number of esters is 1. The van der Waals surface area contributed by atoms with Crippen LogP contribution < -0.4 is 10.1 Å². The van der Waals surface area contributed by atoms with Gasteiger partial charge in [0.25, 0.3) is 5.91 Å². The Morgan fingerprint density at radius 1 is 1.18 bits per heavy atom. The number of thioether (sulfide) groups is 1. The molecule has 0 spiro atoms. The summed E-state index contributed by atoms with van der Waals surface area (Å²) in [7, 11) is 0. The minimum absolute atomic E-state index is 0.160. The number of ether oxygens (including phenoxy) is 2. The van der Waals surface area contributed by atoms with Gasteiger partial charge in [-0.1, -0.05) is 48.6 Å². The van der Waals surface area contributed by atoms with Gasteiger partial charge in [-0.3, -0.25) is 14.5 Å². The maximum atomic E-state index is 13.2. The van der Waals surface area contributed by atoms with Crippen LogP contribution in [0.3, 0.4) is 0 Å². The summed E-state index contributed by atoms with van der Waals surface area (Å²) in [6.07, 6.45) is 8.42. The largest absolute Gasteiger partial charge is 0.490 e. The van der Waals surface area contributed by atoms with E-state index in [9.17, 15) is 14.4 Å². The zero-order valence-corrected chi connectivity index (χ0v) is 25.0. The first-order valence-electron chi connectivity index (χ1n) is 13.4. The fraction of sp³-hybridized carbons (Fsp3) is 0.448. The summed E-state index contributed by atoms with van der Waals surface area (Å²) >= 11 is 8.12. The number of aryl methyl sites for hydroxylation is 1. The lowest BCUT2D eigenvalue weighted by Gasteiger charge is -2.23. The molecule has 1 saturated carbocycles. The molecule has 1 aliphatic heterocycles. The lowest BCUT2D eigenvalue weighted by Crippen LogP contribution is -2.29. The Morgan fingerprint density at radius 3 is 2.67 bits per heavy atom. The summed E-state index contributed by atoms with van der Waals surface area (Å²) in [6, 6.07) is 7.78. The van der Waals surface area contributed by atoms with Crippen molar-refractivity contribution in [1.82, 2.24) is 4.90 Å². The fourth-order valence-electron chi connectivity index (χ4n) is 4.65. The van der Waals surface area contributed by atoms with Gasteiger partial charge in [-0.15, -0.1) is 11.3 Å². The smallest absolute Gasteiger partial charge is 0.341 e. The number of anilines is 1. The lowest BCUT2D eigenvalue weighted by molar-refractivity contribution is -0.122. The van der Waals surface area contributed by atoms with E-state index in [1.54, 1.807) is 11.8 Å². The highest BCUT2D eigenvalue weighted by Gasteiger charge is 2.32. The number of carbonyl (C=O) groups excluding carboxylic acids is 3. The van der Waals surface area contributed by atoms with Crippen molar-refractivity contribution < 1.29 is 23.9 Å². The third-order valence-corrected chi connectivity index (χ3v) is 9.33. The molecule has 0 bridgehead atoms. The van der Waals surface area contributed by atoms with Crippen molar-refractivity contribution in [2.24, 2.45) is 0 Å². The van der Waals surface area contributed by atoms with Gasteiger partial charge in [-0.25, -0.2) is 4.79 Å². The molecule has 208 valence electrons. The topological polar surface area (TPSA) is 84.9 Å². The van der Waals surface area contributed by atoms with Gasteiger partial charge in [0.15, 0.2) is 0 Å². The fourth-order valence-corrected chi connectivity index (χ4v) is 7.02. The van der Waals surface area contributed by atoms with Crippen LogP contribution >= 0.6 is 35.3 Å². The van der Waals surface area contributed by atoms with Gasteiger partial charge in [0.1, 0.15) is 15.1 Å². The number of amides is 2. The highest BCUT2D eigenvalue weighted by molar-refractivity contribution is 8.26.